The molecule has 1 fully saturated rings. The highest BCUT2D eigenvalue weighted by Gasteiger charge is 2.22. The zero-order chi connectivity index (χ0) is 14.8. The van der Waals surface area contributed by atoms with Crippen LogP contribution >= 0.6 is 0 Å². The van der Waals surface area contributed by atoms with E-state index in [1.165, 1.54) is 0 Å². The van der Waals surface area contributed by atoms with E-state index in [1.807, 2.05) is 25.1 Å². The second-order valence-corrected chi connectivity index (χ2v) is 5.31. The summed E-state index contributed by atoms with van der Waals surface area (Å²) in [5.74, 6) is 0.682. The molecule has 21 heavy (non-hydrogen) atoms. The van der Waals surface area contributed by atoms with Crippen molar-refractivity contribution < 1.29 is 9.53 Å². The Balaban J connectivity index is 1.76. The van der Waals surface area contributed by atoms with Crippen molar-refractivity contribution in [1.29, 1.82) is 0 Å². The number of rotatable bonds is 5. The van der Waals surface area contributed by atoms with Crippen molar-refractivity contribution in [3.63, 3.8) is 0 Å². The Labute approximate surface area is 123 Å². The number of carbonyl (C=O) groups excluding carboxylic acids is 1. The van der Waals surface area contributed by atoms with Gasteiger partial charge in [-0.05, 0) is 13.0 Å². The summed E-state index contributed by atoms with van der Waals surface area (Å²) in [6.45, 7) is 3.75. The van der Waals surface area contributed by atoms with Gasteiger partial charge in [0.1, 0.15) is 11.4 Å². The number of benzene rings is 1. The number of nitrogens with one attached hydrogen (secondary N) is 1. The summed E-state index contributed by atoms with van der Waals surface area (Å²) in [6.07, 6.45) is 2.00. The van der Waals surface area contributed by atoms with E-state index in [2.05, 4.69) is 15.6 Å². The summed E-state index contributed by atoms with van der Waals surface area (Å²) in [7, 11) is 1.61. The van der Waals surface area contributed by atoms with Crippen LogP contribution in [-0.4, -0.2) is 41.0 Å². The van der Waals surface area contributed by atoms with Crippen LogP contribution in [0.4, 0.5) is 0 Å². The van der Waals surface area contributed by atoms with Crippen molar-refractivity contribution >= 4 is 5.78 Å². The molecule has 1 aliphatic heterocycles. The van der Waals surface area contributed by atoms with E-state index in [0.717, 1.165) is 30.0 Å². The summed E-state index contributed by atoms with van der Waals surface area (Å²) >= 11 is 0. The highest BCUT2D eigenvalue weighted by atomic mass is 16.5. The maximum atomic E-state index is 12.3. The number of methoxy groups -OCH3 is 1. The predicted octanol–water partition coefficient (Wildman–Crippen LogP) is 1.16. The summed E-state index contributed by atoms with van der Waals surface area (Å²) in [4.78, 5) is 12.3. The Morgan fingerprint density at radius 2 is 2.29 bits per heavy atom. The van der Waals surface area contributed by atoms with Crippen molar-refractivity contribution in [2.24, 2.45) is 0 Å². The third kappa shape index (κ3) is 2.80. The van der Waals surface area contributed by atoms with Gasteiger partial charge in [-0.1, -0.05) is 22.9 Å². The standard InChI is InChI=1S/C15H18N4O2/c1-10-3-4-15(21-2)11(5-10)6-14(20)13-9-19(18-17-13)12-7-16-8-12/h3-5,9,12,16H,6-8H2,1-2H3. The lowest BCUT2D eigenvalue weighted by molar-refractivity contribution is 0.0987. The molecule has 1 saturated heterocycles. The highest BCUT2D eigenvalue weighted by molar-refractivity contribution is 5.95. The van der Waals surface area contributed by atoms with Gasteiger partial charge in [0.2, 0.25) is 0 Å². The Morgan fingerprint density at radius 3 is 2.95 bits per heavy atom. The SMILES string of the molecule is COc1ccc(C)cc1CC(=O)c1cn(C2CNC2)nn1. The fourth-order valence-corrected chi connectivity index (χ4v) is 2.35. The molecule has 0 saturated carbocycles. The van der Waals surface area contributed by atoms with Gasteiger partial charge in [0.05, 0.1) is 19.3 Å². The number of hydrogen-bond donors (Lipinski definition) is 1. The van der Waals surface area contributed by atoms with Crippen molar-refractivity contribution in [3.05, 3.63) is 41.2 Å². The minimum atomic E-state index is -0.0440. The molecular formula is C15H18N4O2. The van der Waals surface area contributed by atoms with Crippen LogP contribution in [0.3, 0.4) is 0 Å². The average Bonchev–Trinajstić information content (AvgIpc) is 2.86. The normalized spacial score (nSPS) is 14.8. The number of aryl methyl sites for hydroxylation is 1. The van der Waals surface area contributed by atoms with Crippen LogP contribution in [0.25, 0.3) is 0 Å². The molecule has 110 valence electrons. The van der Waals surface area contributed by atoms with Gasteiger partial charge < -0.3 is 10.1 Å². The summed E-state index contributed by atoms with van der Waals surface area (Å²) < 4.78 is 7.07. The van der Waals surface area contributed by atoms with Crippen molar-refractivity contribution in [1.82, 2.24) is 20.3 Å². The molecule has 0 radical (unpaired) electrons. The lowest BCUT2D eigenvalue weighted by Crippen LogP contribution is -2.43. The van der Waals surface area contributed by atoms with Gasteiger partial charge in [0, 0.05) is 25.1 Å². The first-order valence-corrected chi connectivity index (χ1v) is 6.96. The second-order valence-electron chi connectivity index (χ2n) is 5.31. The maximum Gasteiger partial charge on any atom is 0.189 e. The van der Waals surface area contributed by atoms with Crippen LogP contribution in [0.1, 0.15) is 27.7 Å². The van der Waals surface area contributed by atoms with Gasteiger partial charge in [-0.3, -0.25) is 4.79 Å². The van der Waals surface area contributed by atoms with Gasteiger partial charge >= 0.3 is 0 Å². The summed E-state index contributed by atoms with van der Waals surface area (Å²) in [5, 5.41) is 11.2. The van der Waals surface area contributed by atoms with Crippen LogP contribution in [0, 0.1) is 6.92 Å². The molecule has 0 aliphatic carbocycles. The molecule has 0 atom stereocenters. The van der Waals surface area contributed by atoms with E-state index < -0.39 is 0 Å². The second kappa shape index (κ2) is 5.65. The Morgan fingerprint density at radius 1 is 1.48 bits per heavy atom. The van der Waals surface area contributed by atoms with Gasteiger partial charge in [-0.15, -0.1) is 5.10 Å². The van der Waals surface area contributed by atoms with Crippen LogP contribution in [0.15, 0.2) is 24.4 Å². The molecule has 1 N–H and O–H groups in total. The number of aromatic nitrogens is 3. The summed E-state index contributed by atoms with van der Waals surface area (Å²) in [6, 6.07) is 6.13. The van der Waals surface area contributed by atoms with Crippen LogP contribution in [-0.2, 0) is 6.42 Å². The molecule has 1 aromatic heterocycles. The molecule has 0 amide bonds. The van der Waals surface area contributed by atoms with E-state index in [0.29, 0.717) is 11.7 Å². The number of nitrogens with zero attached hydrogens (tertiary/aromatic N) is 3. The third-order valence-corrected chi connectivity index (χ3v) is 3.72. The van der Waals surface area contributed by atoms with E-state index in [9.17, 15) is 4.79 Å². The monoisotopic (exact) mass is 286 g/mol. The van der Waals surface area contributed by atoms with Crippen LogP contribution < -0.4 is 10.1 Å². The number of Topliss-reactive ketones (excluding diaryl/α,β-unsaturated/α-hetero) is 1. The van der Waals surface area contributed by atoms with E-state index >= 15 is 0 Å². The highest BCUT2D eigenvalue weighted by Crippen LogP contribution is 2.21. The smallest absolute Gasteiger partial charge is 0.189 e. The average molecular weight is 286 g/mol. The Kier molecular flexibility index (Phi) is 3.70. The number of ether oxygens (including phenoxy) is 1. The first-order valence-electron chi connectivity index (χ1n) is 6.96. The fourth-order valence-electron chi connectivity index (χ4n) is 2.35. The number of carbonyl (C=O) groups is 1. The predicted molar refractivity (Wildman–Crippen MR) is 77.7 cm³/mol. The molecular weight excluding hydrogens is 268 g/mol. The van der Waals surface area contributed by atoms with E-state index in [1.54, 1.807) is 18.0 Å². The molecule has 6 nitrogen and oxygen atoms in total. The zero-order valence-electron chi connectivity index (χ0n) is 12.2. The number of ketones is 1. The molecule has 3 rings (SSSR count). The van der Waals surface area contributed by atoms with Crippen LogP contribution in [0.2, 0.25) is 0 Å². The molecule has 2 aromatic rings. The largest absolute Gasteiger partial charge is 0.496 e. The van der Waals surface area contributed by atoms with Gasteiger partial charge in [-0.2, -0.15) is 0 Å². The lowest BCUT2D eigenvalue weighted by Gasteiger charge is -2.26. The maximum absolute atomic E-state index is 12.3. The van der Waals surface area contributed by atoms with E-state index in [4.69, 9.17) is 4.74 Å². The quantitative estimate of drug-likeness (QED) is 0.835. The zero-order valence-corrected chi connectivity index (χ0v) is 12.2. The van der Waals surface area contributed by atoms with Crippen LogP contribution in [0.5, 0.6) is 5.75 Å². The fraction of sp³-hybridized carbons (Fsp3) is 0.400. The molecule has 1 aliphatic rings. The first kappa shape index (κ1) is 13.8. The summed E-state index contributed by atoms with van der Waals surface area (Å²) in [5.41, 5.74) is 2.38. The third-order valence-electron chi connectivity index (χ3n) is 3.72. The van der Waals surface area contributed by atoms with Gasteiger partial charge in [-0.25, -0.2) is 4.68 Å². The van der Waals surface area contributed by atoms with Crippen molar-refractivity contribution in [2.75, 3.05) is 20.2 Å². The van der Waals surface area contributed by atoms with Crippen molar-refractivity contribution in [3.8, 4) is 5.75 Å². The molecule has 0 unspecified atom stereocenters. The minimum Gasteiger partial charge on any atom is -0.496 e. The molecule has 1 aromatic carbocycles. The molecule has 0 bridgehead atoms. The number of hydrogen-bond acceptors (Lipinski definition) is 5. The Bertz CT molecular complexity index is 661. The Hall–Kier alpha value is -2.21. The molecule has 0 spiro atoms. The van der Waals surface area contributed by atoms with Gasteiger partial charge in [0.25, 0.3) is 0 Å². The minimum absolute atomic E-state index is 0.0440. The molecule has 2 heterocycles. The first-order chi connectivity index (χ1) is 10.2. The van der Waals surface area contributed by atoms with Crippen molar-refractivity contribution in [2.45, 2.75) is 19.4 Å². The topological polar surface area (TPSA) is 69.0 Å². The van der Waals surface area contributed by atoms with Gasteiger partial charge in [0.15, 0.2) is 5.78 Å². The molecule has 6 heteroatoms. The lowest BCUT2D eigenvalue weighted by atomic mass is 10.0. The van der Waals surface area contributed by atoms with E-state index in [-0.39, 0.29) is 12.2 Å².